The van der Waals surface area contributed by atoms with Crippen LogP contribution in [0.5, 0.6) is 5.75 Å². The molecule has 1 unspecified atom stereocenters. The lowest BCUT2D eigenvalue weighted by molar-refractivity contribution is -0.122. The van der Waals surface area contributed by atoms with Crippen molar-refractivity contribution >= 4 is 27.5 Å². The Labute approximate surface area is 162 Å². The first-order valence-electron chi connectivity index (χ1n) is 8.19. The van der Waals surface area contributed by atoms with Gasteiger partial charge in [-0.1, -0.05) is 23.7 Å². The number of carbonyl (C=O) groups is 1. The Balaban J connectivity index is 2.00. The SMILES string of the molecule is CCOc1ccc(S(=O)(=O)NC(C)C(=O)NCc2ccc(F)cc2)cc1Cl. The molecular weight excluding hydrogens is 395 g/mol. The van der Waals surface area contributed by atoms with Gasteiger partial charge < -0.3 is 10.1 Å². The van der Waals surface area contributed by atoms with Gasteiger partial charge >= 0.3 is 0 Å². The maximum absolute atomic E-state index is 12.9. The molecular formula is C18H20ClFN2O4S. The number of hydrogen-bond acceptors (Lipinski definition) is 4. The normalized spacial score (nSPS) is 12.4. The van der Waals surface area contributed by atoms with Crippen molar-refractivity contribution in [1.82, 2.24) is 10.0 Å². The largest absolute Gasteiger partial charge is 0.492 e. The van der Waals surface area contributed by atoms with E-state index < -0.39 is 22.0 Å². The van der Waals surface area contributed by atoms with Crippen LogP contribution in [0, 0.1) is 5.82 Å². The molecule has 6 nitrogen and oxygen atoms in total. The molecule has 2 rings (SSSR count). The number of rotatable bonds is 8. The van der Waals surface area contributed by atoms with Crippen molar-refractivity contribution in [1.29, 1.82) is 0 Å². The molecule has 0 bridgehead atoms. The highest BCUT2D eigenvalue weighted by Crippen LogP contribution is 2.27. The van der Waals surface area contributed by atoms with Crippen LogP contribution in [-0.4, -0.2) is 27.0 Å². The van der Waals surface area contributed by atoms with Crippen molar-refractivity contribution in [3.8, 4) is 5.75 Å². The lowest BCUT2D eigenvalue weighted by atomic mass is 10.2. The molecule has 146 valence electrons. The topological polar surface area (TPSA) is 84.5 Å². The highest BCUT2D eigenvalue weighted by atomic mass is 35.5. The van der Waals surface area contributed by atoms with Crippen molar-refractivity contribution in [2.75, 3.05) is 6.61 Å². The molecule has 2 aromatic rings. The van der Waals surface area contributed by atoms with Gasteiger partial charge in [0, 0.05) is 6.54 Å². The molecule has 0 fully saturated rings. The van der Waals surface area contributed by atoms with Gasteiger partial charge in [-0.2, -0.15) is 4.72 Å². The van der Waals surface area contributed by atoms with E-state index in [0.717, 1.165) is 0 Å². The second kappa shape index (κ2) is 9.16. The second-order valence-electron chi connectivity index (χ2n) is 5.71. The summed E-state index contributed by atoms with van der Waals surface area (Å²) in [5.74, 6) is -0.511. The molecule has 0 aromatic heterocycles. The first kappa shape index (κ1) is 21.1. The van der Waals surface area contributed by atoms with Crippen molar-refractivity contribution < 1.29 is 22.3 Å². The van der Waals surface area contributed by atoms with E-state index in [-0.39, 0.29) is 22.3 Å². The van der Waals surface area contributed by atoms with Crippen LogP contribution in [0.3, 0.4) is 0 Å². The maximum Gasteiger partial charge on any atom is 0.241 e. The van der Waals surface area contributed by atoms with Gasteiger partial charge in [0.15, 0.2) is 0 Å². The third-order valence-corrected chi connectivity index (χ3v) is 5.45. The Hall–Kier alpha value is -2.16. The fraction of sp³-hybridized carbons (Fsp3) is 0.278. The van der Waals surface area contributed by atoms with Crippen molar-refractivity contribution in [2.45, 2.75) is 31.3 Å². The molecule has 0 radical (unpaired) electrons. The number of nitrogens with one attached hydrogen (secondary N) is 2. The number of carbonyl (C=O) groups excluding carboxylic acids is 1. The molecule has 9 heteroatoms. The van der Waals surface area contributed by atoms with Crippen LogP contribution in [0.15, 0.2) is 47.4 Å². The minimum absolute atomic E-state index is 0.0749. The smallest absolute Gasteiger partial charge is 0.241 e. The van der Waals surface area contributed by atoms with Crippen LogP contribution >= 0.6 is 11.6 Å². The van der Waals surface area contributed by atoms with Gasteiger partial charge in [0.05, 0.1) is 22.6 Å². The standard InChI is InChI=1S/C18H20ClFN2O4S/c1-3-26-17-9-8-15(10-16(17)19)27(24,25)22-12(2)18(23)21-11-13-4-6-14(20)7-5-13/h4-10,12,22H,3,11H2,1-2H3,(H,21,23). The van der Waals surface area contributed by atoms with E-state index in [9.17, 15) is 17.6 Å². The summed E-state index contributed by atoms with van der Waals surface area (Å²) in [5, 5.41) is 2.76. The third-order valence-electron chi connectivity index (χ3n) is 3.62. The van der Waals surface area contributed by atoms with Crippen LogP contribution in [-0.2, 0) is 21.4 Å². The van der Waals surface area contributed by atoms with Crippen LogP contribution in [0.4, 0.5) is 4.39 Å². The van der Waals surface area contributed by atoms with Crippen LogP contribution in [0.2, 0.25) is 5.02 Å². The minimum atomic E-state index is -3.95. The summed E-state index contributed by atoms with van der Waals surface area (Å²) in [6.45, 7) is 3.76. The number of sulfonamides is 1. The predicted molar refractivity (Wildman–Crippen MR) is 101 cm³/mol. The predicted octanol–water partition coefficient (Wildman–Crippen LogP) is 2.86. The molecule has 0 saturated heterocycles. The van der Waals surface area contributed by atoms with Gasteiger partial charge in [-0.05, 0) is 49.7 Å². The molecule has 0 heterocycles. The summed E-state index contributed by atoms with van der Waals surface area (Å²) < 4.78 is 45.3. The molecule has 0 saturated carbocycles. The molecule has 0 spiro atoms. The first-order chi connectivity index (χ1) is 12.7. The molecule has 0 aliphatic carbocycles. The quantitative estimate of drug-likeness (QED) is 0.695. The zero-order valence-electron chi connectivity index (χ0n) is 14.8. The summed E-state index contributed by atoms with van der Waals surface area (Å²) in [6.07, 6.45) is 0. The van der Waals surface area contributed by atoms with Crippen molar-refractivity contribution in [3.05, 3.63) is 58.9 Å². The lowest BCUT2D eigenvalue weighted by Gasteiger charge is -2.15. The average Bonchev–Trinajstić information content (AvgIpc) is 2.62. The van der Waals surface area contributed by atoms with Crippen molar-refractivity contribution in [3.63, 3.8) is 0 Å². The number of benzene rings is 2. The fourth-order valence-corrected chi connectivity index (χ4v) is 3.75. The Bertz CT molecular complexity index is 904. The summed E-state index contributed by atoms with van der Waals surface area (Å²) in [4.78, 5) is 12.1. The molecule has 27 heavy (non-hydrogen) atoms. The molecule has 2 aromatic carbocycles. The Morgan fingerprint density at radius 2 is 1.89 bits per heavy atom. The van der Waals surface area contributed by atoms with Gasteiger partial charge in [-0.25, -0.2) is 12.8 Å². The van der Waals surface area contributed by atoms with Gasteiger partial charge in [-0.3, -0.25) is 4.79 Å². The number of halogens is 2. The Kier molecular flexibility index (Phi) is 7.18. The monoisotopic (exact) mass is 414 g/mol. The van der Waals surface area contributed by atoms with E-state index in [0.29, 0.717) is 17.9 Å². The molecule has 0 aliphatic rings. The second-order valence-corrected chi connectivity index (χ2v) is 7.83. The van der Waals surface area contributed by atoms with Gasteiger partial charge in [0.2, 0.25) is 15.9 Å². The van der Waals surface area contributed by atoms with Crippen LogP contribution in [0.25, 0.3) is 0 Å². The molecule has 1 amide bonds. The van der Waals surface area contributed by atoms with Crippen molar-refractivity contribution in [2.24, 2.45) is 0 Å². The van der Waals surface area contributed by atoms with Crippen LogP contribution in [0.1, 0.15) is 19.4 Å². The summed E-state index contributed by atoms with van der Waals surface area (Å²) in [5.41, 5.74) is 0.693. The van der Waals surface area contributed by atoms with Crippen LogP contribution < -0.4 is 14.8 Å². The van der Waals surface area contributed by atoms with E-state index in [1.54, 1.807) is 6.92 Å². The highest BCUT2D eigenvalue weighted by molar-refractivity contribution is 7.89. The maximum atomic E-state index is 12.9. The average molecular weight is 415 g/mol. The molecule has 1 atom stereocenters. The summed E-state index contributed by atoms with van der Waals surface area (Å²) in [7, 11) is -3.95. The number of ether oxygens (including phenoxy) is 1. The first-order valence-corrected chi connectivity index (χ1v) is 10.1. The van der Waals surface area contributed by atoms with E-state index in [2.05, 4.69) is 10.0 Å². The fourth-order valence-electron chi connectivity index (χ4n) is 2.22. The molecule has 0 aliphatic heterocycles. The zero-order chi connectivity index (χ0) is 20.0. The number of amides is 1. The minimum Gasteiger partial charge on any atom is -0.492 e. The molecule has 2 N–H and O–H groups in total. The van der Waals surface area contributed by atoms with E-state index in [1.165, 1.54) is 49.4 Å². The summed E-state index contributed by atoms with van der Waals surface area (Å²) in [6, 6.07) is 8.69. The Morgan fingerprint density at radius 1 is 1.22 bits per heavy atom. The highest BCUT2D eigenvalue weighted by Gasteiger charge is 2.22. The Morgan fingerprint density at radius 3 is 2.48 bits per heavy atom. The zero-order valence-corrected chi connectivity index (χ0v) is 16.4. The van der Waals surface area contributed by atoms with Gasteiger partial charge in [-0.15, -0.1) is 0 Å². The van der Waals surface area contributed by atoms with Gasteiger partial charge in [0.25, 0.3) is 0 Å². The van der Waals surface area contributed by atoms with E-state index >= 15 is 0 Å². The third kappa shape index (κ3) is 5.92. The summed E-state index contributed by atoms with van der Waals surface area (Å²) >= 11 is 6.02. The van der Waals surface area contributed by atoms with E-state index in [1.807, 2.05) is 0 Å². The van der Waals surface area contributed by atoms with E-state index in [4.69, 9.17) is 16.3 Å². The number of hydrogen-bond donors (Lipinski definition) is 2. The van der Waals surface area contributed by atoms with Gasteiger partial charge in [0.1, 0.15) is 11.6 Å². The lowest BCUT2D eigenvalue weighted by Crippen LogP contribution is -2.44.